The Bertz CT molecular complexity index is 938. The summed E-state index contributed by atoms with van der Waals surface area (Å²) >= 11 is 0. The molecule has 5 heteroatoms. The summed E-state index contributed by atoms with van der Waals surface area (Å²) in [6.07, 6.45) is 3.57. The number of aromatic nitrogens is 1. The van der Waals surface area contributed by atoms with Gasteiger partial charge in [-0.1, -0.05) is 12.1 Å². The molecule has 0 bridgehead atoms. The molecule has 5 nitrogen and oxygen atoms in total. The van der Waals surface area contributed by atoms with Crippen molar-refractivity contribution in [3.05, 3.63) is 83.7 Å². The first-order valence-corrected chi connectivity index (χ1v) is 8.75. The van der Waals surface area contributed by atoms with E-state index in [9.17, 15) is 4.79 Å². The van der Waals surface area contributed by atoms with Gasteiger partial charge in [0.05, 0.1) is 19.3 Å². The molecule has 2 aromatic carbocycles. The molecule has 0 saturated heterocycles. The molecule has 136 valence electrons. The highest BCUT2D eigenvalue weighted by molar-refractivity contribution is 5.99. The molecule has 0 saturated carbocycles. The summed E-state index contributed by atoms with van der Waals surface area (Å²) in [5, 5.41) is 0. The zero-order chi connectivity index (χ0) is 18.6. The maximum absolute atomic E-state index is 12.0. The van der Waals surface area contributed by atoms with Gasteiger partial charge in [-0.25, -0.2) is 0 Å². The summed E-state index contributed by atoms with van der Waals surface area (Å²) in [5.41, 5.74) is 2.57. The van der Waals surface area contributed by atoms with Gasteiger partial charge in [0.25, 0.3) is 0 Å². The molecule has 27 heavy (non-hydrogen) atoms. The summed E-state index contributed by atoms with van der Waals surface area (Å²) in [4.78, 5) is 16.1. The minimum atomic E-state index is -0.323. The number of pyridine rings is 1. The highest BCUT2D eigenvalue weighted by Gasteiger charge is 2.21. The van der Waals surface area contributed by atoms with Gasteiger partial charge < -0.3 is 14.2 Å². The van der Waals surface area contributed by atoms with Crippen molar-refractivity contribution >= 4 is 5.78 Å². The van der Waals surface area contributed by atoms with Crippen LogP contribution in [-0.2, 0) is 0 Å². The standard InChI is InChI=1S/C22H19NO4/c1-25-17-4-2-15(3-5-17)22(16-8-11-23-12-9-16)27-18-6-7-19-20(24)10-13-26-21(19)14-18/h2-9,11-12,14,22H,10,13H2,1H3/t22-/m0/s1. The van der Waals surface area contributed by atoms with E-state index in [1.54, 1.807) is 31.6 Å². The molecule has 0 spiro atoms. The number of rotatable bonds is 5. The first kappa shape index (κ1) is 17.1. The van der Waals surface area contributed by atoms with E-state index in [0.29, 0.717) is 30.1 Å². The lowest BCUT2D eigenvalue weighted by molar-refractivity contribution is 0.0933. The van der Waals surface area contributed by atoms with Crippen molar-refractivity contribution in [1.29, 1.82) is 0 Å². The third kappa shape index (κ3) is 3.62. The zero-order valence-corrected chi connectivity index (χ0v) is 14.9. The molecule has 1 atom stereocenters. The third-order valence-electron chi connectivity index (χ3n) is 4.52. The summed E-state index contributed by atoms with van der Waals surface area (Å²) < 4.78 is 17.2. The van der Waals surface area contributed by atoms with E-state index in [0.717, 1.165) is 16.9 Å². The second kappa shape index (κ2) is 7.50. The molecule has 0 amide bonds. The molecule has 0 aliphatic carbocycles. The Kier molecular flexibility index (Phi) is 4.75. The van der Waals surface area contributed by atoms with E-state index in [-0.39, 0.29) is 11.9 Å². The van der Waals surface area contributed by atoms with E-state index < -0.39 is 0 Å². The molecule has 0 radical (unpaired) electrons. The van der Waals surface area contributed by atoms with Crippen molar-refractivity contribution in [2.45, 2.75) is 12.5 Å². The Hall–Kier alpha value is -3.34. The predicted octanol–water partition coefficient (Wildman–Crippen LogP) is 4.22. The van der Waals surface area contributed by atoms with Crippen LogP contribution < -0.4 is 14.2 Å². The number of nitrogens with zero attached hydrogens (tertiary/aromatic N) is 1. The van der Waals surface area contributed by atoms with Gasteiger partial charge in [0.1, 0.15) is 23.4 Å². The normalized spacial score (nSPS) is 14.0. The lowest BCUT2D eigenvalue weighted by Gasteiger charge is -2.22. The van der Waals surface area contributed by atoms with Crippen molar-refractivity contribution in [2.24, 2.45) is 0 Å². The highest BCUT2D eigenvalue weighted by Crippen LogP contribution is 2.34. The number of ketones is 1. The van der Waals surface area contributed by atoms with Gasteiger partial charge in [0.2, 0.25) is 0 Å². The van der Waals surface area contributed by atoms with Gasteiger partial charge in [-0.3, -0.25) is 9.78 Å². The number of fused-ring (bicyclic) bond motifs is 1. The molecular weight excluding hydrogens is 342 g/mol. The molecule has 0 N–H and O–H groups in total. The fourth-order valence-corrected chi connectivity index (χ4v) is 3.10. The second-order valence-electron chi connectivity index (χ2n) is 6.23. The molecule has 4 rings (SSSR count). The monoisotopic (exact) mass is 361 g/mol. The van der Waals surface area contributed by atoms with Crippen molar-refractivity contribution in [3.63, 3.8) is 0 Å². The second-order valence-corrected chi connectivity index (χ2v) is 6.23. The Morgan fingerprint density at radius 2 is 1.67 bits per heavy atom. The predicted molar refractivity (Wildman–Crippen MR) is 101 cm³/mol. The summed E-state index contributed by atoms with van der Waals surface area (Å²) in [6.45, 7) is 0.404. The van der Waals surface area contributed by atoms with Crippen LogP contribution in [0.3, 0.4) is 0 Å². The number of carbonyl (C=O) groups excluding carboxylic acids is 1. The van der Waals surface area contributed by atoms with E-state index in [1.165, 1.54) is 0 Å². The average Bonchev–Trinajstić information content (AvgIpc) is 2.73. The molecule has 3 aromatic rings. The van der Waals surface area contributed by atoms with Gasteiger partial charge in [-0.2, -0.15) is 0 Å². The number of methoxy groups -OCH3 is 1. The van der Waals surface area contributed by atoms with Gasteiger partial charge in [-0.15, -0.1) is 0 Å². The molecular formula is C22H19NO4. The van der Waals surface area contributed by atoms with Crippen LogP contribution in [0.5, 0.6) is 17.2 Å². The lowest BCUT2D eigenvalue weighted by atomic mass is 10.0. The third-order valence-corrected chi connectivity index (χ3v) is 4.52. The quantitative estimate of drug-likeness (QED) is 0.681. The van der Waals surface area contributed by atoms with Crippen LogP contribution in [0.15, 0.2) is 67.0 Å². The van der Waals surface area contributed by atoms with Crippen molar-refractivity contribution in [3.8, 4) is 17.2 Å². The first-order chi connectivity index (χ1) is 13.2. The SMILES string of the molecule is COc1ccc([C@H](Oc2ccc3c(c2)OCCC3=O)c2ccncc2)cc1. The molecule has 0 fully saturated rings. The first-order valence-electron chi connectivity index (χ1n) is 8.75. The minimum Gasteiger partial charge on any atom is -0.497 e. The van der Waals surface area contributed by atoms with E-state index in [2.05, 4.69) is 4.98 Å². The number of hydrogen-bond donors (Lipinski definition) is 0. The highest BCUT2D eigenvalue weighted by atomic mass is 16.5. The van der Waals surface area contributed by atoms with Crippen molar-refractivity contribution < 1.29 is 19.0 Å². The summed E-state index contributed by atoms with van der Waals surface area (Å²) in [5.74, 6) is 2.10. The largest absolute Gasteiger partial charge is 0.497 e. The van der Waals surface area contributed by atoms with E-state index >= 15 is 0 Å². The van der Waals surface area contributed by atoms with E-state index in [1.807, 2.05) is 42.5 Å². The zero-order valence-electron chi connectivity index (χ0n) is 14.9. The van der Waals surface area contributed by atoms with Crippen LogP contribution in [0.4, 0.5) is 0 Å². The fourth-order valence-electron chi connectivity index (χ4n) is 3.10. The smallest absolute Gasteiger partial charge is 0.169 e. The molecule has 2 heterocycles. The molecule has 1 aromatic heterocycles. The van der Waals surface area contributed by atoms with E-state index in [4.69, 9.17) is 14.2 Å². The van der Waals surface area contributed by atoms with Gasteiger partial charge in [0, 0.05) is 24.9 Å². The topological polar surface area (TPSA) is 57.7 Å². The minimum absolute atomic E-state index is 0.101. The number of Topliss-reactive ketones (excluding diaryl/α,β-unsaturated/α-hetero) is 1. The summed E-state index contributed by atoms with van der Waals surface area (Å²) in [6, 6.07) is 17.0. The Morgan fingerprint density at radius 1 is 0.963 bits per heavy atom. The number of hydrogen-bond acceptors (Lipinski definition) is 5. The van der Waals surface area contributed by atoms with Crippen LogP contribution in [-0.4, -0.2) is 24.5 Å². The average molecular weight is 361 g/mol. The Labute approximate surface area is 157 Å². The van der Waals surface area contributed by atoms with Crippen LogP contribution in [0, 0.1) is 0 Å². The number of benzene rings is 2. The molecule has 0 unspecified atom stereocenters. The van der Waals surface area contributed by atoms with Gasteiger partial charge in [0.15, 0.2) is 5.78 Å². The Balaban J connectivity index is 1.68. The van der Waals surface area contributed by atoms with Crippen LogP contribution in [0.2, 0.25) is 0 Å². The maximum atomic E-state index is 12.0. The van der Waals surface area contributed by atoms with Gasteiger partial charge >= 0.3 is 0 Å². The molecule has 1 aliphatic heterocycles. The van der Waals surface area contributed by atoms with Crippen LogP contribution >= 0.6 is 0 Å². The van der Waals surface area contributed by atoms with Crippen LogP contribution in [0.25, 0.3) is 0 Å². The van der Waals surface area contributed by atoms with Crippen molar-refractivity contribution in [1.82, 2.24) is 4.98 Å². The maximum Gasteiger partial charge on any atom is 0.169 e. The fraction of sp³-hybridized carbons (Fsp3) is 0.182. The number of carbonyl (C=O) groups is 1. The Morgan fingerprint density at radius 3 is 2.41 bits per heavy atom. The van der Waals surface area contributed by atoms with Crippen molar-refractivity contribution in [2.75, 3.05) is 13.7 Å². The lowest BCUT2D eigenvalue weighted by Crippen LogP contribution is -2.15. The number of ether oxygens (including phenoxy) is 3. The molecule has 1 aliphatic rings. The van der Waals surface area contributed by atoms with Crippen LogP contribution in [0.1, 0.15) is 34.0 Å². The van der Waals surface area contributed by atoms with Gasteiger partial charge in [-0.05, 0) is 47.5 Å². The summed E-state index contributed by atoms with van der Waals surface area (Å²) in [7, 11) is 1.64.